The minimum absolute atomic E-state index is 0.0643. The molecule has 2 unspecified atom stereocenters. The maximum atomic E-state index is 12.4. The molecule has 5 nitrogen and oxygen atoms in total. The largest absolute Gasteiger partial charge is 0.327 e. The zero-order chi connectivity index (χ0) is 13.3. The third kappa shape index (κ3) is 2.42. The predicted molar refractivity (Wildman–Crippen MR) is 69.5 cm³/mol. The van der Waals surface area contributed by atoms with Gasteiger partial charge in [-0.1, -0.05) is 6.92 Å². The lowest BCUT2D eigenvalue weighted by Crippen LogP contribution is -2.47. The van der Waals surface area contributed by atoms with E-state index in [0.29, 0.717) is 24.4 Å². The van der Waals surface area contributed by atoms with Crippen molar-refractivity contribution in [2.24, 2.45) is 11.7 Å². The van der Waals surface area contributed by atoms with Crippen LogP contribution in [0.4, 0.5) is 0 Å². The Kier molecular flexibility index (Phi) is 3.73. The first-order valence-corrected chi connectivity index (χ1v) is 7.96. The second-order valence-electron chi connectivity index (χ2n) is 4.52. The van der Waals surface area contributed by atoms with E-state index in [1.54, 1.807) is 0 Å². The lowest BCUT2D eigenvalue weighted by Gasteiger charge is -2.33. The minimum Gasteiger partial charge on any atom is -0.327 e. The SMILES string of the molecule is CC1CN(S(=O)(=O)c2ccc(C#N)s2)CCC1N. The van der Waals surface area contributed by atoms with Crippen molar-refractivity contribution in [3.8, 4) is 6.07 Å². The molecule has 1 aliphatic heterocycles. The molecule has 2 rings (SSSR count). The van der Waals surface area contributed by atoms with Gasteiger partial charge in [0.1, 0.15) is 15.2 Å². The second-order valence-corrected chi connectivity index (χ2v) is 7.77. The average molecular weight is 285 g/mol. The molecular weight excluding hydrogens is 270 g/mol. The molecule has 2 atom stereocenters. The van der Waals surface area contributed by atoms with Gasteiger partial charge in [-0.2, -0.15) is 9.57 Å². The van der Waals surface area contributed by atoms with E-state index >= 15 is 0 Å². The molecule has 0 saturated carbocycles. The number of hydrogen-bond acceptors (Lipinski definition) is 5. The van der Waals surface area contributed by atoms with Crippen LogP contribution in [-0.2, 0) is 10.0 Å². The van der Waals surface area contributed by atoms with Crippen molar-refractivity contribution in [2.45, 2.75) is 23.6 Å². The molecule has 98 valence electrons. The Morgan fingerprint density at radius 3 is 2.83 bits per heavy atom. The van der Waals surface area contributed by atoms with E-state index in [0.717, 1.165) is 11.3 Å². The maximum absolute atomic E-state index is 12.4. The molecule has 0 radical (unpaired) electrons. The van der Waals surface area contributed by atoms with E-state index in [-0.39, 0.29) is 16.2 Å². The van der Waals surface area contributed by atoms with Crippen LogP contribution in [0.15, 0.2) is 16.3 Å². The first-order valence-electron chi connectivity index (χ1n) is 5.71. The molecule has 0 amide bonds. The molecule has 1 fully saturated rings. The zero-order valence-corrected chi connectivity index (χ0v) is 11.7. The average Bonchev–Trinajstić information content (AvgIpc) is 2.81. The lowest BCUT2D eigenvalue weighted by atomic mass is 9.96. The lowest BCUT2D eigenvalue weighted by molar-refractivity contribution is 0.250. The van der Waals surface area contributed by atoms with Crippen LogP contribution in [0.2, 0.25) is 0 Å². The smallest absolute Gasteiger partial charge is 0.252 e. The van der Waals surface area contributed by atoms with Crippen LogP contribution in [0.3, 0.4) is 0 Å². The molecule has 2 heterocycles. The van der Waals surface area contributed by atoms with Gasteiger partial charge < -0.3 is 5.73 Å². The molecule has 1 aromatic rings. The van der Waals surface area contributed by atoms with Crippen LogP contribution in [-0.4, -0.2) is 31.9 Å². The highest BCUT2D eigenvalue weighted by Gasteiger charge is 2.32. The van der Waals surface area contributed by atoms with Crippen LogP contribution in [0, 0.1) is 17.2 Å². The number of rotatable bonds is 2. The van der Waals surface area contributed by atoms with Crippen LogP contribution >= 0.6 is 11.3 Å². The molecule has 0 bridgehead atoms. The van der Waals surface area contributed by atoms with Crippen LogP contribution in [0.5, 0.6) is 0 Å². The van der Waals surface area contributed by atoms with Gasteiger partial charge in [-0.25, -0.2) is 8.42 Å². The fraction of sp³-hybridized carbons (Fsp3) is 0.545. The van der Waals surface area contributed by atoms with Gasteiger partial charge in [0, 0.05) is 19.1 Å². The van der Waals surface area contributed by atoms with E-state index in [4.69, 9.17) is 11.0 Å². The van der Waals surface area contributed by atoms with E-state index in [2.05, 4.69) is 0 Å². The van der Waals surface area contributed by atoms with Gasteiger partial charge >= 0.3 is 0 Å². The molecule has 1 aliphatic rings. The normalized spacial score (nSPS) is 25.8. The van der Waals surface area contributed by atoms with Crippen LogP contribution in [0.25, 0.3) is 0 Å². The van der Waals surface area contributed by atoms with Crippen molar-refractivity contribution in [1.82, 2.24) is 4.31 Å². The van der Waals surface area contributed by atoms with Crippen molar-refractivity contribution in [3.05, 3.63) is 17.0 Å². The topological polar surface area (TPSA) is 87.2 Å². The monoisotopic (exact) mass is 285 g/mol. The van der Waals surface area contributed by atoms with Crippen LogP contribution < -0.4 is 5.73 Å². The molecule has 1 saturated heterocycles. The number of nitriles is 1. The number of nitrogens with zero attached hydrogens (tertiary/aromatic N) is 2. The molecule has 0 spiro atoms. The number of thiophene rings is 1. The Morgan fingerprint density at radius 1 is 1.56 bits per heavy atom. The molecule has 7 heteroatoms. The van der Waals surface area contributed by atoms with Gasteiger partial charge in [0.15, 0.2) is 0 Å². The van der Waals surface area contributed by atoms with Crippen molar-refractivity contribution in [1.29, 1.82) is 5.26 Å². The van der Waals surface area contributed by atoms with Crippen molar-refractivity contribution in [2.75, 3.05) is 13.1 Å². The molecular formula is C11H15N3O2S2. The maximum Gasteiger partial charge on any atom is 0.252 e. The predicted octanol–water partition coefficient (Wildman–Crippen LogP) is 0.978. The van der Waals surface area contributed by atoms with Crippen molar-refractivity contribution < 1.29 is 8.42 Å². The summed E-state index contributed by atoms with van der Waals surface area (Å²) in [6.45, 7) is 2.86. The highest BCUT2D eigenvalue weighted by atomic mass is 32.2. The number of piperidine rings is 1. The summed E-state index contributed by atoms with van der Waals surface area (Å²) >= 11 is 1.01. The third-order valence-corrected chi connectivity index (χ3v) is 6.54. The highest BCUT2D eigenvalue weighted by molar-refractivity contribution is 7.91. The Hall–Kier alpha value is -0.940. The first-order chi connectivity index (χ1) is 8.45. The van der Waals surface area contributed by atoms with E-state index in [1.165, 1.54) is 16.4 Å². The summed E-state index contributed by atoms with van der Waals surface area (Å²) in [4.78, 5) is 0.412. The second kappa shape index (κ2) is 4.97. The fourth-order valence-corrected chi connectivity index (χ4v) is 4.80. The summed E-state index contributed by atoms with van der Waals surface area (Å²) in [5, 5.41) is 8.74. The van der Waals surface area contributed by atoms with Gasteiger partial charge in [0.05, 0.1) is 0 Å². The molecule has 0 aliphatic carbocycles. The fourth-order valence-electron chi connectivity index (χ4n) is 1.99. The van der Waals surface area contributed by atoms with E-state index in [1.807, 2.05) is 13.0 Å². The van der Waals surface area contributed by atoms with Gasteiger partial charge in [-0.15, -0.1) is 11.3 Å². The summed E-state index contributed by atoms with van der Waals surface area (Å²) in [5.41, 5.74) is 5.89. The quantitative estimate of drug-likeness (QED) is 0.877. The van der Waals surface area contributed by atoms with Crippen LogP contribution in [0.1, 0.15) is 18.2 Å². The Labute approximate surface area is 111 Å². The Balaban J connectivity index is 2.24. The Morgan fingerprint density at radius 2 is 2.28 bits per heavy atom. The summed E-state index contributed by atoms with van der Waals surface area (Å²) in [7, 11) is -3.46. The third-order valence-electron chi connectivity index (χ3n) is 3.22. The van der Waals surface area contributed by atoms with Gasteiger partial charge in [0.2, 0.25) is 0 Å². The number of nitrogens with two attached hydrogens (primary N) is 1. The number of sulfonamides is 1. The van der Waals surface area contributed by atoms with Crippen molar-refractivity contribution >= 4 is 21.4 Å². The molecule has 18 heavy (non-hydrogen) atoms. The summed E-state index contributed by atoms with van der Waals surface area (Å²) in [6, 6.07) is 5.05. The Bertz CT molecular complexity index is 573. The minimum atomic E-state index is -3.46. The molecule has 0 aromatic carbocycles. The van der Waals surface area contributed by atoms with E-state index in [9.17, 15) is 8.42 Å². The molecule has 1 aromatic heterocycles. The van der Waals surface area contributed by atoms with E-state index < -0.39 is 10.0 Å². The number of hydrogen-bond donors (Lipinski definition) is 1. The molecule has 2 N–H and O–H groups in total. The zero-order valence-electron chi connectivity index (χ0n) is 10.0. The highest BCUT2D eigenvalue weighted by Crippen LogP contribution is 2.27. The van der Waals surface area contributed by atoms with Gasteiger partial charge in [-0.05, 0) is 24.5 Å². The first kappa shape index (κ1) is 13.5. The van der Waals surface area contributed by atoms with Gasteiger partial charge in [-0.3, -0.25) is 0 Å². The summed E-state index contributed by atoms with van der Waals surface area (Å²) < 4.78 is 26.4. The van der Waals surface area contributed by atoms with Crippen molar-refractivity contribution in [3.63, 3.8) is 0 Å². The summed E-state index contributed by atoms with van der Waals surface area (Å²) in [5.74, 6) is 0.156. The standard InChI is InChI=1S/C11H15N3O2S2/c1-8-7-14(5-4-10(8)13)18(15,16)11-3-2-9(6-12)17-11/h2-3,8,10H,4-5,7,13H2,1H3. The summed E-state index contributed by atoms with van der Waals surface area (Å²) in [6.07, 6.45) is 0.677. The van der Waals surface area contributed by atoms with Gasteiger partial charge in [0.25, 0.3) is 10.0 Å².